The van der Waals surface area contributed by atoms with Crippen LogP contribution in [0.25, 0.3) is 0 Å². The van der Waals surface area contributed by atoms with Crippen LogP contribution < -0.4 is 0 Å². The van der Waals surface area contributed by atoms with Gasteiger partial charge in [-0.1, -0.05) is 13.8 Å². The highest BCUT2D eigenvalue weighted by molar-refractivity contribution is 6.01. The van der Waals surface area contributed by atoms with Gasteiger partial charge in [0.15, 0.2) is 5.78 Å². The summed E-state index contributed by atoms with van der Waals surface area (Å²) in [5, 5.41) is 0. The van der Waals surface area contributed by atoms with Gasteiger partial charge in [-0.2, -0.15) is 0 Å². The zero-order valence-electron chi connectivity index (χ0n) is 9.84. The predicted molar refractivity (Wildman–Crippen MR) is 58.6 cm³/mol. The van der Waals surface area contributed by atoms with E-state index in [0.717, 1.165) is 25.0 Å². The van der Waals surface area contributed by atoms with Gasteiger partial charge in [-0.25, -0.2) is 0 Å². The molecule has 0 aromatic heterocycles. The molecule has 0 bridgehead atoms. The average Bonchev–Trinajstić information content (AvgIpc) is 2.33. The summed E-state index contributed by atoms with van der Waals surface area (Å²) >= 11 is 0. The smallest absolute Gasteiger partial charge is 0.193 e. The Morgan fingerprint density at radius 2 is 2.20 bits per heavy atom. The lowest BCUT2D eigenvalue weighted by molar-refractivity contribution is -0.138. The first-order valence-electron chi connectivity index (χ1n) is 5.60. The first-order chi connectivity index (χ1) is 7.20. The van der Waals surface area contributed by atoms with Crippen LogP contribution in [0.2, 0.25) is 0 Å². The molecule has 0 N–H and O–H groups in total. The number of methoxy groups -OCH3 is 1. The molecule has 3 heteroatoms. The number of carbonyl (C=O) groups is 1. The van der Waals surface area contributed by atoms with Gasteiger partial charge in [-0.05, 0) is 25.7 Å². The van der Waals surface area contributed by atoms with Crippen LogP contribution >= 0.6 is 0 Å². The van der Waals surface area contributed by atoms with Crippen molar-refractivity contribution in [2.24, 2.45) is 0 Å². The van der Waals surface area contributed by atoms with Crippen molar-refractivity contribution in [2.45, 2.75) is 45.1 Å². The normalized spacial score (nSPS) is 16.9. The molecule has 0 amide bonds. The minimum Gasteiger partial charge on any atom is -0.501 e. The molecular formula is C12H20O3. The Morgan fingerprint density at radius 1 is 1.53 bits per heavy atom. The molecule has 1 aliphatic rings. The van der Waals surface area contributed by atoms with E-state index in [2.05, 4.69) is 0 Å². The van der Waals surface area contributed by atoms with Gasteiger partial charge < -0.3 is 9.47 Å². The molecule has 86 valence electrons. The summed E-state index contributed by atoms with van der Waals surface area (Å²) in [6, 6.07) is 0. The molecule has 1 rings (SSSR count). The first kappa shape index (κ1) is 12.2. The average molecular weight is 212 g/mol. The zero-order chi connectivity index (χ0) is 11.3. The quantitative estimate of drug-likeness (QED) is 0.702. The topological polar surface area (TPSA) is 35.5 Å². The van der Waals surface area contributed by atoms with E-state index in [1.807, 2.05) is 13.8 Å². The number of ketones is 1. The van der Waals surface area contributed by atoms with Crippen molar-refractivity contribution in [2.75, 3.05) is 13.7 Å². The highest BCUT2D eigenvalue weighted by Gasteiger charge is 2.36. The van der Waals surface area contributed by atoms with E-state index in [4.69, 9.17) is 9.47 Å². The third kappa shape index (κ3) is 2.40. The summed E-state index contributed by atoms with van der Waals surface area (Å²) < 4.78 is 10.6. The second-order valence-electron chi connectivity index (χ2n) is 3.85. The summed E-state index contributed by atoms with van der Waals surface area (Å²) in [5.41, 5.74) is 0.124. The Balaban J connectivity index is 2.84. The van der Waals surface area contributed by atoms with Gasteiger partial charge in [-0.3, -0.25) is 4.79 Å². The lowest BCUT2D eigenvalue weighted by Gasteiger charge is -2.30. The van der Waals surface area contributed by atoms with Gasteiger partial charge >= 0.3 is 0 Å². The van der Waals surface area contributed by atoms with E-state index in [1.54, 1.807) is 13.4 Å². The Labute approximate surface area is 91.4 Å². The van der Waals surface area contributed by atoms with Crippen molar-refractivity contribution in [3.05, 3.63) is 11.8 Å². The lowest BCUT2D eigenvalue weighted by Crippen LogP contribution is -2.41. The maximum absolute atomic E-state index is 12.2. The summed E-state index contributed by atoms with van der Waals surface area (Å²) in [6.45, 7) is 4.68. The van der Waals surface area contributed by atoms with E-state index in [-0.39, 0.29) is 5.78 Å². The molecule has 0 saturated heterocycles. The second-order valence-corrected chi connectivity index (χ2v) is 3.85. The minimum absolute atomic E-state index is 0.0923. The third-order valence-corrected chi connectivity index (χ3v) is 3.17. The molecule has 0 unspecified atom stereocenters. The molecule has 0 atom stereocenters. The Hall–Kier alpha value is -0.830. The van der Waals surface area contributed by atoms with Crippen LogP contribution in [0.4, 0.5) is 0 Å². The van der Waals surface area contributed by atoms with Gasteiger partial charge in [0, 0.05) is 12.7 Å². The van der Waals surface area contributed by atoms with Crippen molar-refractivity contribution in [1.82, 2.24) is 0 Å². The monoisotopic (exact) mass is 212 g/mol. The fraction of sp³-hybridized carbons (Fsp3) is 0.750. The lowest BCUT2D eigenvalue weighted by atomic mass is 9.86. The van der Waals surface area contributed by atoms with E-state index >= 15 is 0 Å². The maximum Gasteiger partial charge on any atom is 0.193 e. The van der Waals surface area contributed by atoms with Crippen LogP contribution in [-0.2, 0) is 14.3 Å². The number of carbonyl (C=O) groups excluding carboxylic acids is 1. The minimum atomic E-state index is -0.646. The van der Waals surface area contributed by atoms with E-state index in [0.29, 0.717) is 12.8 Å². The SMILES string of the molecule is CCC(CC)(OC)C(=O)C1=COCCC1. The van der Waals surface area contributed by atoms with Crippen molar-refractivity contribution < 1.29 is 14.3 Å². The fourth-order valence-corrected chi connectivity index (χ4v) is 1.98. The van der Waals surface area contributed by atoms with E-state index < -0.39 is 5.60 Å². The molecule has 3 nitrogen and oxygen atoms in total. The number of Topliss-reactive ketones (excluding diaryl/α,β-unsaturated/α-hetero) is 1. The first-order valence-corrected chi connectivity index (χ1v) is 5.60. The van der Waals surface area contributed by atoms with Crippen LogP contribution in [-0.4, -0.2) is 25.1 Å². The predicted octanol–water partition coefficient (Wildman–Crippen LogP) is 2.46. The number of hydrogen-bond donors (Lipinski definition) is 0. The van der Waals surface area contributed by atoms with Crippen molar-refractivity contribution in [1.29, 1.82) is 0 Å². The summed E-state index contributed by atoms with van der Waals surface area (Å²) in [6.07, 6.45) is 4.74. The fourth-order valence-electron chi connectivity index (χ4n) is 1.98. The number of rotatable bonds is 5. The van der Waals surface area contributed by atoms with Gasteiger partial charge in [0.25, 0.3) is 0 Å². The molecule has 0 aromatic carbocycles. The molecule has 0 aliphatic carbocycles. The molecule has 1 heterocycles. The zero-order valence-corrected chi connectivity index (χ0v) is 9.84. The molecule has 15 heavy (non-hydrogen) atoms. The number of ether oxygens (including phenoxy) is 2. The van der Waals surface area contributed by atoms with Gasteiger partial charge in [0.2, 0.25) is 0 Å². The van der Waals surface area contributed by atoms with Gasteiger partial charge in [0.1, 0.15) is 5.60 Å². The Morgan fingerprint density at radius 3 is 2.60 bits per heavy atom. The summed E-state index contributed by atoms with van der Waals surface area (Å²) in [4.78, 5) is 12.2. The van der Waals surface area contributed by atoms with Crippen LogP contribution in [0, 0.1) is 0 Å². The number of hydrogen-bond acceptors (Lipinski definition) is 3. The van der Waals surface area contributed by atoms with Crippen LogP contribution in [0.3, 0.4) is 0 Å². The van der Waals surface area contributed by atoms with E-state index in [9.17, 15) is 4.79 Å². The summed E-state index contributed by atoms with van der Waals surface area (Å²) in [5.74, 6) is 0.0923. The Kier molecular flexibility index (Phi) is 4.33. The standard InChI is InChI=1S/C12H20O3/c1-4-12(5-2,14-3)11(13)10-7-6-8-15-9-10/h9H,4-8H2,1-3H3. The van der Waals surface area contributed by atoms with Crippen molar-refractivity contribution >= 4 is 5.78 Å². The van der Waals surface area contributed by atoms with Crippen molar-refractivity contribution in [3.8, 4) is 0 Å². The molecule has 0 aromatic rings. The largest absolute Gasteiger partial charge is 0.501 e. The Bertz CT molecular complexity index is 243. The second kappa shape index (κ2) is 5.31. The van der Waals surface area contributed by atoms with Gasteiger partial charge in [-0.15, -0.1) is 0 Å². The highest BCUT2D eigenvalue weighted by Crippen LogP contribution is 2.27. The molecule has 1 aliphatic heterocycles. The molecule has 0 radical (unpaired) electrons. The van der Waals surface area contributed by atoms with Crippen LogP contribution in [0.15, 0.2) is 11.8 Å². The summed E-state index contributed by atoms with van der Waals surface area (Å²) in [7, 11) is 1.61. The molecule has 0 saturated carbocycles. The van der Waals surface area contributed by atoms with Crippen molar-refractivity contribution in [3.63, 3.8) is 0 Å². The van der Waals surface area contributed by atoms with Gasteiger partial charge in [0.05, 0.1) is 12.9 Å². The van der Waals surface area contributed by atoms with Crippen LogP contribution in [0.1, 0.15) is 39.5 Å². The molecular weight excluding hydrogens is 192 g/mol. The van der Waals surface area contributed by atoms with Crippen LogP contribution in [0.5, 0.6) is 0 Å². The van der Waals surface area contributed by atoms with E-state index in [1.165, 1.54) is 0 Å². The highest BCUT2D eigenvalue weighted by atomic mass is 16.5. The third-order valence-electron chi connectivity index (χ3n) is 3.17. The maximum atomic E-state index is 12.2. The molecule has 0 spiro atoms. The molecule has 0 fully saturated rings.